The first-order chi connectivity index (χ1) is 11.5. The normalized spacial score (nSPS) is 10.6. The molecule has 0 radical (unpaired) electrons. The molecule has 0 bridgehead atoms. The summed E-state index contributed by atoms with van der Waals surface area (Å²) in [4.78, 5) is 12.4. The summed E-state index contributed by atoms with van der Waals surface area (Å²) in [7, 11) is 0. The van der Waals surface area contributed by atoms with Gasteiger partial charge in [-0.3, -0.25) is 14.5 Å². The second-order valence-electron chi connectivity index (χ2n) is 5.72. The van der Waals surface area contributed by atoms with Gasteiger partial charge in [0.25, 0.3) is 0 Å². The van der Waals surface area contributed by atoms with Gasteiger partial charge in [-0.1, -0.05) is 42.0 Å². The van der Waals surface area contributed by atoms with Crippen LogP contribution in [0.2, 0.25) is 0 Å². The highest BCUT2D eigenvalue weighted by molar-refractivity contribution is 7.71. The Morgan fingerprint density at radius 3 is 2.62 bits per heavy atom. The summed E-state index contributed by atoms with van der Waals surface area (Å²) in [6.45, 7) is 4.11. The van der Waals surface area contributed by atoms with E-state index in [0.717, 1.165) is 22.4 Å². The highest BCUT2D eigenvalue weighted by Crippen LogP contribution is 2.18. The first kappa shape index (κ1) is 16.1. The van der Waals surface area contributed by atoms with Gasteiger partial charge in [-0.2, -0.15) is 5.10 Å². The zero-order valence-corrected chi connectivity index (χ0v) is 14.4. The Hall–Kier alpha value is -2.73. The molecule has 0 saturated carbocycles. The minimum absolute atomic E-state index is 0.104. The van der Waals surface area contributed by atoms with Crippen LogP contribution in [0.5, 0.6) is 0 Å². The van der Waals surface area contributed by atoms with E-state index in [0.29, 0.717) is 10.6 Å². The first-order valence-corrected chi connectivity index (χ1v) is 8.02. The summed E-state index contributed by atoms with van der Waals surface area (Å²) < 4.78 is 2.12. The van der Waals surface area contributed by atoms with Crippen molar-refractivity contribution in [1.29, 1.82) is 0 Å². The maximum Gasteiger partial charge on any atom is 0.244 e. The van der Waals surface area contributed by atoms with Gasteiger partial charge in [-0.05, 0) is 43.8 Å². The predicted octanol–water partition coefficient (Wildman–Crippen LogP) is 3.86. The van der Waals surface area contributed by atoms with E-state index in [9.17, 15) is 4.79 Å². The van der Waals surface area contributed by atoms with Gasteiger partial charge in [0.15, 0.2) is 10.6 Å². The van der Waals surface area contributed by atoms with Crippen molar-refractivity contribution in [3.05, 3.63) is 64.4 Å². The Bertz CT molecular complexity index is 925. The SMILES string of the molecule is Cc1ccc(-c2n[nH]c(=S)n2CC(=O)Nc2cccc(C)c2)cc1. The molecule has 0 saturated heterocycles. The molecule has 0 atom stereocenters. The number of rotatable bonds is 4. The van der Waals surface area contributed by atoms with Crippen LogP contribution in [0.4, 0.5) is 5.69 Å². The van der Waals surface area contributed by atoms with Gasteiger partial charge in [0, 0.05) is 11.3 Å². The topological polar surface area (TPSA) is 62.7 Å². The van der Waals surface area contributed by atoms with Crippen LogP contribution in [0.1, 0.15) is 11.1 Å². The van der Waals surface area contributed by atoms with E-state index >= 15 is 0 Å². The Balaban J connectivity index is 1.82. The minimum atomic E-state index is -0.147. The van der Waals surface area contributed by atoms with Crippen LogP contribution in [0.25, 0.3) is 11.4 Å². The van der Waals surface area contributed by atoms with Crippen LogP contribution in [0, 0.1) is 18.6 Å². The summed E-state index contributed by atoms with van der Waals surface area (Å²) in [5.74, 6) is 0.505. The van der Waals surface area contributed by atoms with E-state index in [2.05, 4.69) is 15.5 Å². The van der Waals surface area contributed by atoms with E-state index in [1.165, 1.54) is 0 Å². The maximum absolute atomic E-state index is 12.4. The van der Waals surface area contributed by atoms with Gasteiger partial charge in [-0.25, -0.2) is 0 Å². The second kappa shape index (κ2) is 6.80. The predicted molar refractivity (Wildman–Crippen MR) is 97.4 cm³/mol. The monoisotopic (exact) mass is 338 g/mol. The Morgan fingerprint density at radius 1 is 1.17 bits per heavy atom. The zero-order chi connectivity index (χ0) is 17.1. The molecular weight excluding hydrogens is 320 g/mol. The second-order valence-corrected chi connectivity index (χ2v) is 6.11. The molecule has 6 heteroatoms. The molecule has 0 spiro atoms. The van der Waals surface area contributed by atoms with Crippen molar-refractivity contribution in [2.45, 2.75) is 20.4 Å². The number of benzene rings is 2. The lowest BCUT2D eigenvalue weighted by molar-refractivity contribution is -0.116. The third-order valence-corrected chi connectivity index (χ3v) is 3.98. The van der Waals surface area contributed by atoms with E-state index in [1.807, 2.05) is 62.4 Å². The number of amides is 1. The number of anilines is 1. The molecule has 1 heterocycles. The quantitative estimate of drug-likeness (QED) is 0.710. The fourth-order valence-corrected chi connectivity index (χ4v) is 2.65. The Morgan fingerprint density at radius 2 is 1.92 bits per heavy atom. The molecule has 3 aromatic rings. The number of hydrogen-bond acceptors (Lipinski definition) is 3. The molecule has 24 heavy (non-hydrogen) atoms. The van der Waals surface area contributed by atoms with Crippen LogP contribution in [0.3, 0.4) is 0 Å². The average molecular weight is 338 g/mol. The van der Waals surface area contributed by atoms with Gasteiger partial charge in [0.05, 0.1) is 0 Å². The Kier molecular flexibility index (Phi) is 4.57. The number of hydrogen-bond donors (Lipinski definition) is 2. The lowest BCUT2D eigenvalue weighted by Gasteiger charge is -2.09. The van der Waals surface area contributed by atoms with Crippen molar-refractivity contribution in [1.82, 2.24) is 14.8 Å². The fraction of sp³-hybridized carbons (Fsp3) is 0.167. The third kappa shape index (κ3) is 3.60. The van der Waals surface area contributed by atoms with Crippen molar-refractivity contribution in [3.63, 3.8) is 0 Å². The summed E-state index contributed by atoms with van der Waals surface area (Å²) in [6, 6.07) is 15.6. The summed E-state index contributed by atoms with van der Waals surface area (Å²) in [5, 5.41) is 9.91. The van der Waals surface area contributed by atoms with Gasteiger partial charge in [0.1, 0.15) is 6.54 Å². The molecule has 0 unspecified atom stereocenters. The molecule has 0 aliphatic heterocycles. The number of aryl methyl sites for hydroxylation is 2. The van der Waals surface area contributed by atoms with E-state index in [1.54, 1.807) is 4.57 Å². The summed E-state index contributed by atoms with van der Waals surface area (Å²) >= 11 is 5.27. The number of H-pyrrole nitrogens is 1. The molecule has 2 aromatic carbocycles. The molecular formula is C18H18N4OS. The average Bonchev–Trinajstić information content (AvgIpc) is 2.89. The zero-order valence-electron chi connectivity index (χ0n) is 13.5. The molecule has 2 N–H and O–H groups in total. The van der Waals surface area contributed by atoms with E-state index < -0.39 is 0 Å². The number of aromatic amines is 1. The van der Waals surface area contributed by atoms with Crippen LogP contribution in [-0.4, -0.2) is 20.7 Å². The van der Waals surface area contributed by atoms with Crippen LogP contribution in [0.15, 0.2) is 48.5 Å². The van der Waals surface area contributed by atoms with Crippen molar-refractivity contribution in [3.8, 4) is 11.4 Å². The first-order valence-electron chi connectivity index (χ1n) is 7.62. The number of nitrogens with zero attached hydrogens (tertiary/aromatic N) is 2. The molecule has 0 aliphatic rings. The van der Waals surface area contributed by atoms with Gasteiger partial charge in [-0.15, -0.1) is 0 Å². The number of carbonyl (C=O) groups is 1. The van der Waals surface area contributed by atoms with E-state index in [-0.39, 0.29) is 12.5 Å². The fourth-order valence-electron chi connectivity index (χ4n) is 2.45. The molecule has 1 aromatic heterocycles. The van der Waals surface area contributed by atoms with Gasteiger partial charge >= 0.3 is 0 Å². The highest BCUT2D eigenvalue weighted by atomic mass is 32.1. The summed E-state index contributed by atoms with van der Waals surface area (Å²) in [6.07, 6.45) is 0. The van der Waals surface area contributed by atoms with Crippen molar-refractivity contribution in [2.24, 2.45) is 0 Å². The molecule has 5 nitrogen and oxygen atoms in total. The Labute approximate surface area is 145 Å². The van der Waals surface area contributed by atoms with Gasteiger partial charge in [0.2, 0.25) is 5.91 Å². The van der Waals surface area contributed by atoms with Crippen LogP contribution < -0.4 is 5.32 Å². The van der Waals surface area contributed by atoms with Crippen LogP contribution >= 0.6 is 12.2 Å². The van der Waals surface area contributed by atoms with E-state index in [4.69, 9.17) is 12.2 Å². The lowest BCUT2D eigenvalue weighted by Crippen LogP contribution is -2.19. The van der Waals surface area contributed by atoms with Crippen LogP contribution in [-0.2, 0) is 11.3 Å². The molecule has 3 rings (SSSR count). The molecule has 0 fully saturated rings. The standard InChI is InChI=1S/C18H18N4OS/c1-12-6-8-14(9-7-12)17-20-21-18(24)22(17)11-16(23)19-15-5-3-4-13(2)10-15/h3-10H,11H2,1-2H3,(H,19,23)(H,21,24). The largest absolute Gasteiger partial charge is 0.325 e. The smallest absolute Gasteiger partial charge is 0.244 e. The van der Waals surface area contributed by atoms with Crippen molar-refractivity contribution in [2.75, 3.05) is 5.32 Å². The van der Waals surface area contributed by atoms with Crippen molar-refractivity contribution < 1.29 is 4.79 Å². The maximum atomic E-state index is 12.4. The molecule has 122 valence electrons. The number of carbonyl (C=O) groups excluding carboxylic acids is 1. The molecule has 1 amide bonds. The minimum Gasteiger partial charge on any atom is -0.325 e. The third-order valence-electron chi connectivity index (χ3n) is 3.67. The summed E-state index contributed by atoms with van der Waals surface area (Å²) in [5.41, 5.74) is 3.94. The number of aromatic nitrogens is 3. The molecule has 0 aliphatic carbocycles. The van der Waals surface area contributed by atoms with Crippen molar-refractivity contribution >= 4 is 23.8 Å². The number of nitrogens with one attached hydrogen (secondary N) is 2. The highest BCUT2D eigenvalue weighted by Gasteiger charge is 2.12. The van der Waals surface area contributed by atoms with Gasteiger partial charge < -0.3 is 5.32 Å². The lowest BCUT2D eigenvalue weighted by atomic mass is 10.1.